The molecule has 9 heteroatoms. The van der Waals surface area contributed by atoms with Crippen LogP contribution in [-0.4, -0.2) is 39.0 Å². The Hall–Kier alpha value is -2.27. The Bertz CT molecular complexity index is 1170. The molecule has 3 aliphatic heterocycles. The van der Waals surface area contributed by atoms with Crippen LogP contribution < -0.4 is 11.2 Å². The summed E-state index contributed by atoms with van der Waals surface area (Å²) in [7, 11) is -1.22. The van der Waals surface area contributed by atoms with Gasteiger partial charge in [-0.15, -0.1) is 5.92 Å². The van der Waals surface area contributed by atoms with Crippen molar-refractivity contribution in [1.82, 2.24) is 14.2 Å². The second kappa shape index (κ2) is 9.54. The number of hydrogen-bond acceptors (Lipinski definition) is 6. The lowest BCUT2D eigenvalue weighted by atomic mass is 10.0. The quantitative estimate of drug-likeness (QED) is 0.533. The van der Waals surface area contributed by atoms with Gasteiger partial charge in [0.05, 0.1) is 12.2 Å². The first-order chi connectivity index (χ1) is 16.1. The lowest BCUT2D eigenvalue weighted by Gasteiger charge is -2.25. The van der Waals surface area contributed by atoms with Gasteiger partial charge in [0.2, 0.25) is 0 Å². The van der Waals surface area contributed by atoms with Gasteiger partial charge in [-0.2, -0.15) is 0 Å². The number of benzene rings is 1. The highest BCUT2D eigenvalue weighted by molar-refractivity contribution is 7.44. The van der Waals surface area contributed by atoms with Gasteiger partial charge in [0.25, 0.3) is 14.1 Å². The summed E-state index contributed by atoms with van der Waals surface area (Å²) in [6.07, 6.45) is 4.06. The van der Waals surface area contributed by atoms with Crippen LogP contribution in [0.4, 0.5) is 0 Å². The highest BCUT2D eigenvalue weighted by Gasteiger charge is 2.49. The standard InChI is InChI=1S/C24H28N3O5P/c1-3-9-17-15-26(24(29)25-23(17)28)21-14-20(19(4-2)30-21)31-33-27-13-8-12-18(27)22(32-33)16-10-6-5-7-11-16/h5-7,10-11,15,18-22H,4,8,12-14H2,1-2H3,(H,25,28,29)/t18-,19-,20?,21-,22+,33?/m1/s1. The Labute approximate surface area is 193 Å². The SMILES string of the molecule is CC#Cc1cn([C@H]2CC(OP3O[C@@H](c4ccccc4)[C@H]4CCCN43)[C@@H](CC)O2)c(=O)[nH]c1=O. The number of H-pyrrole nitrogens is 1. The lowest BCUT2D eigenvalue weighted by molar-refractivity contribution is -0.0189. The molecule has 2 unspecified atom stereocenters. The van der Waals surface area contributed by atoms with Crippen molar-refractivity contribution < 1.29 is 13.8 Å². The lowest BCUT2D eigenvalue weighted by Crippen LogP contribution is -2.33. The van der Waals surface area contributed by atoms with E-state index in [1.54, 1.807) is 6.92 Å². The molecule has 0 radical (unpaired) electrons. The van der Waals surface area contributed by atoms with Crippen LogP contribution in [0.3, 0.4) is 0 Å². The number of ether oxygens (including phenoxy) is 1. The Morgan fingerprint density at radius 2 is 2.09 bits per heavy atom. The molecule has 8 nitrogen and oxygen atoms in total. The van der Waals surface area contributed by atoms with E-state index in [0.717, 1.165) is 25.8 Å². The monoisotopic (exact) mass is 469 g/mol. The first kappa shape index (κ1) is 22.5. The Kier molecular flexibility index (Phi) is 6.51. The van der Waals surface area contributed by atoms with Crippen molar-refractivity contribution in [2.24, 2.45) is 0 Å². The van der Waals surface area contributed by atoms with Gasteiger partial charge in [0.15, 0.2) is 0 Å². The first-order valence-electron chi connectivity index (χ1n) is 11.5. The summed E-state index contributed by atoms with van der Waals surface area (Å²) < 4.78 is 23.0. The van der Waals surface area contributed by atoms with Crippen LogP contribution in [0.1, 0.15) is 63.0 Å². The van der Waals surface area contributed by atoms with Crippen molar-refractivity contribution >= 4 is 8.53 Å². The van der Waals surface area contributed by atoms with Gasteiger partial charge in [-0.05, 0) is 31.7 Å². The fourth-order valence-corrected chi connectivity index (χ4v) is 6.90. The summed E-state index contributed by atoms with van der Waals surface area (Å²) >= 11 is 0. The molecular weight excluding hydrogens is 441 g/mol. The first-order valence-corrected chi connectivity index (χ1v) is 12.6. The largest absolute Gasteiger partial charge is 0.352 e. The molecule has 0 spiro atoms. The zero-order valence-corrected chi connectivity index (χ0v) is 19.7. The average molecular weight is 469 g/mol. The van der Waals surface area contributed by atoms with E-state index in [4.69, 9.17) is 13.8 Å². The number of nitrogens with zero attached hydrogens (tertiary/aromatic N) is 2. The molecule has 3 aliphatic rings. The van der Waals surface area contributed by atoms with E-state index in [9.17, 15) is 9.59 Å². The Morgan fingerprint density at radius 1 is 1.27 bits per heavy atom. The summed E-state index contributed by atoms with van der Waals surface area (Å²) in [6, 6.07) is 10.7. The fraction of sp³-hybridized carbons (Fsp3) is 0.500. The second-order valence-electron chi connectivity index (χ2n) is 8.55. The number of hydrogen-bond donors (Lipinski definition) is 1. The van der Waals surface area contributed by atoms with E-state index in [1.807, 2.05) is 25.1 Å². The van der Waals surface area contributed by atoms with Gasteiger partial charge in [-0.1, -0.05) is 43.2 Å². The maximum atomic E-state index is 12.5. The number of aromatic nitrogens is 2. The third-order valence-corrected chi connectivity index (χ3v) is 8.28. The van der Waals surface area contributed by atoms with E-state index in [0.29, 0.717) is 12.5 Å². The van der Waals surface area contributed by atoms with E-state index >= 15 is 0 Å². The third-order valence-electron chi connectivity index (χ3n) is 6.51. The topological polar surface area (TPSA) is 85.8 Å². The van der Waals surface area contributed by atoms with Crippen molar-refractivity contribution in [2.45, 2.75) is 70.1 Å². The normalized spacial score (nSPS) is 31.3. The molecule has 6 atom stereocenters. The maximum absolute atomic E-state index is 12.5. The van der Waals surface area contributed by atoms with Crippen molar-refractivity contribution in [2.75, 3.05) is 6.54 Å². The molecule has 1 N–H and O–H groups in total. The van der Waals surface area contributed by atoms with Crippen LogP contribution in [0.15, 0.2) is 46.1 Å². The third kappa shape index (κ3) is 4.32. The van der Waals surface area contributed by atoms with Crippen molar-refractivity contribution in [3.05, 3.63) is 68.5 Å². The van der Waals surface area contributed by atoms with Crippen LogP contribution in [0.25, 0.3) is 0 Å². The van der Waals surface area contributed by atoms with Crippen LogP contribution in [0.2, 0.25) is 0 Å². The molecule has 0 bridgehead atoms. The van der Waals surface area contributed by atoms with Crippen LogP contribution in [0.5, 0.6) is 0 Å². The van der Waals surface area contributed by atoms with Crippen LogP contribution in [-0.2, 0) is 13.8 Å². The summed E-state index contributed by atoms with van der Waals surface area (Å²) in [6.45, 7) is 4.66. The summed E-state index contributed by atoms with van der Waals surface area (Å²) in [5, 5.41) is 0. The Morgan fingerprint density at radius 3 is 2.85 bits per heavy atom. The van der Waals surface area contributed by atoms with Gasteiger partial charge < -0.3 is 13.8 Å². The van der Waals surface area contributed by atoms with Crippen LogP contribution in [0, 0.1) is 11.8 Å². The molecule has 1 aromatic heterocycles. The molecular formula is C24H28N3O5P. The smallest absolute Gasteiger partial charge is 0.330 e. The minimum atomic E-state index is -1.22. The summed E-state index contributed by atoms with van der Waals surface area (Å²) in [5.41, 5.74) is 0.430. The highest BCUT2D eigenvalue weighted by Crippen LogP contribution is 2.61. The molecule has 0 amide bonds. The molecule has 3 fully saturated rings. The zero-order chi connectivity index (χ0) is 22.9. The van der Waals surface area contributed by atoms with Gasteiger partial charge in [0, 0.05) is 25.2 Å². The molecule has 4 heterocycles. The number of nitrogens with one attached hydrogen (secondary N) is 1. The maximum Gasteiger partial charge on any atom is 0.330 e. The Balaban J connectivity index is 1.35. The second-order valence-corrected chi connectivity index (χ2v) is 9.96. The highest BCUT2D eigenvalue weighted by atomic mass is 31.2. The molecule has 2 aromatic rings. The molecule has 3 saturated heterocycles. The van der Waals surface area contributed by atoms with Gasteiger partial charge in [0.1, 0.15) is 17.9 Å². The van der Waals surface area contributed by atoms with Gasteiger partial charge >= 0.3 is 5.69 Å². The van der Waals surface area contributed by atoms with E-state index in [2.05, 4.69) is 33.6 Å². The zero-order valence-electron chi connectivity index (χ0n) is 18.8. The summed E-state index contributed by atoms with van der Waals surface area (Å²) in [4.78, 5) is 26.8. The minimum absolute atomic E-state index is 0.00926. The van der Waals surface area contributed by atoms with Crippen LogP contribution >= 0.6 is 8.53 Å². The van der Waals surface area contributed by atoms with Crippen molar-refractivity contribution in [3.63, 3.8) is 0 Å². The fourth-order valence-electron chi connectivity index (χ4n) is 4.91. The molecule has 0 aliphatic carbocycles. The average Bonchev–Trinajstić information content (AvgIpc) is 3.53. The molecule has 174 valence electrons. The molecule has 0 saturated carbocycles. The van der Waals surface area contributed by atoms with E-state index in [-0.39, 0.29) is 23.9 Å². The molecule has 5 rings (SSSR count). The predicted molar refractivity (Wildman–Crippen MR) is 124 cm³/mol. The van der Waals surface area contributed by atoms with Gasteiger partial charge in [-0.3, -0.25) is 14.3 Å². The minimum Gasteiger partial charge on any atom is -0.352 e. The molecule has 33 heavy (non-hydrogen) atoms. The van der Waals surface area contributed by atoms with Gasteiger partial charge in [-0.25, -0.2) is 9.46 Å². The summed E-state index contributed by atoms with van der Waals surface area (Å²) in [5.74, 6) is 5.45. The van der Waals surface area contributed by atoms with E-state index in [1.165, 1.54) is 16.3 Å². The number of fused-ring (bicyclic) bond motifs is 1. The number of rotatable bonds is 5. The van der Waals surface area contributed by atoms with Crippen molar-refractivity contribution in [1.29, 1.82) is 0 Å². The molecule has 1 aromatic carbocycles. The number of aromatic amines is 1. The predicted octanol–water partition coefficient (Wildman–Crippen LogP) is 3.45. The van der Waals surface area contributed by atoms with E-state index < -0.39 is 26.0 Å². The van der Waals surface area contributed by atoms with Crippen molar-refractivity contribution in [3.8, 4) is 11.8 Å².